The first-order valence-electron chi connectivity index (χ1n) is 7.74. The maximum Gasteiger partial charge on any atom is 0.146 e. The summed E-state index contributed by atoms with van der Waals surface area (Å²) in [6.07, 6.45) is 9.24. The molecular weight excluding hydrogens is 234 g/mol. The van der Waals surface area contributed by atoms with Gasteiger partial charge >= 0.3 is 0 Å². The number of nitrogens with one attached hydrogen (secondary N) is 1. The lowest BCUT2D eigenvalue weighted by Crippen LogP contribution is -2.47. The van der Waals surface area contributed by atoms with Gasteiger partial charge < -0.3 is 11.1 Å². The molecular formula is C16H23N3. The molecule has 4 saturated carbocycles. The van der Waals surface area contributed by atoms with Crippen LogP contribution in [-0.4, -0.2) is 11.5 Å². The molecule has 0 spiro atoms. The van der Waals surface area contributed by atoms with Gasteiger partial charge in [0.1, 0.15) is 5.82 Å². The van der Waals surface area contributed by atoms with Crippen molar-refractivity contribution in [1.29, 1.82) is 0 Å². The molecule has 3 nitrogen and oxygen atoms in total. The van der Waals surface area contributed by atoms with Gasteiger partial charge in [0.05, 0.1) is 5.69 Å². The highest BCUT2D eigenvalue weighted by molar-refractivity contribution is 5.60. The number of nitrogen functional groups attached to an aromatic ring is 1. The van der Waals surface area contributed by atoms with Crippen molar-refractivity contribution in [2.75, 3.05) is 17.6 Å². The van der Waals surface area contributed by atoms with Crippen LogP contribution in [-0.2, 0) is 0 Å². The van der Waals surface area contributed by atoms with Gasteiger partial charge in [0.25, 0.3) is 0 Å². The first-order valence-corrected chi connectivity index (χ1v) is 7.74. The first-order chi connectivity index (χ1) is 9.29. The second-order valence-corrected chi connectivity index (χ2v) is 6.91. The van der Waals surface area contributed by atoms with Gasteiger partial charge in [-0.1, -0.05) is 0 Å². The number of anilines is 2. The Morgan fingerprint density at radius 2 is 1.79 bits per heavy atom. The van der Waals surface area contributed by atoms with E-state index >= 15 is 0 Å². The van der Waals surface area contributed by atoms with Crippen molar-refractivity contribution >= 4 is 11.5 Å². The molecule has 4 bridgehead atoms. The molecule has 4 fully saturated rings. The molecule has 0 aliphatic heterocycles. The zero-order valence-corrected chi connectivity index (χ0v) is 11.4. The zero-order valence-electron chi connectivity index (χ0n) is 11.4. The van der Waals surface area contributed by atoms with E-state index in [2.05, 4.69) is 10.3 Å². The third-order valence-corrected chi connectivity index (χ3v) is 5.79. The van der Waals surface area contributed by atoms with Crippen LogP contribution in [0.25, 0.3) is 0 Å². The molecule has 4 aliphatic carbocycles. The third kappa shape index (κ3) is 1.99. The number of aromatic nitrogens is 1. The van der Waals surface area contributed by atoms with Gasteiger partial charge in [-0.2, -0.15) is 0 Å². The van der Waals surface area contributed by atoms with Crippen molar-refractivity contribution < 1.29 is 0 Å². The van der Waals surface area contributed by atoms with Gasteiger partial charge in [0.2, 0.25) is 0 Å². The maximum absolute atomic E-state index is 5.91. The molecule has 0 atom stereocenters. The molecule has 1 aromatic heterocycles. The van der Waals surface area contributed by atoms with E-state index in [-0.39, 0.29) is 0 Å². The number of pyridine rings is 1. The Labute approximate surface area is 115 Å². The standard InChI is InChI=1S/C16H23N3/c17-16-15(2-1-3-18-16)19-9-14-12-5-10-4-11(7-12)8-13(14)6-10/h1-3,10-14,19H,4-9H2,(H2,17,18). The fraction of sp³-hybridized carbons (Fsp3) is 0.688. The molecule has 3 N–H and O–H groups in total. The van der Waals surface area contributed by atoms with E-state index in [9.17, 15) is 0 Å². The lowest BCUT2D eigenvalue weighted by Gasteiger charge is -2.54. The van der Waals surface area contributed by atoms with E-state index in [0.717, 1.165) is 41.8 Å². The van der Waals surface area contributed by atoms with Crippen LogP contribution in [0.4, 0.5) is 11.5 Å². The Hall–Kier alpha value is -1.25. The van der Waals surface area contributed by atoms with Crippen LogP contribution >= 0.6 is 0 Å². The topological polar surface area (TPSA) is 50.9 Å². The number of hydrogen-bond acceptors (Lipinski definition) is 3. The molecule has 0 unspecified atom stereocenters. The molecule has 0 saturated heterocycles. The molecule has 0 aromatic carbocycles. The molecule has 19 heavy (non-hydrogen) atoms. The SMILES string of the molecule is Nc1ncccc1NCC1C2CC3CC(C2)CC1C3. The Morgan fingerprint density at radius 3 is 2.42 bits per heavy atom. The Morgan fingerprint density at radius 1 is 1.11 bits per heavy atom. The van der Waals surface area contributed by atoms with E-state index in [1.54, 1.807) is 6.20 Å². The van der Waals surface area contributed by atoms with Crippen LogP contribution in [0.2, 0.25) is 0 Å². The smallest absolute Gasteiger partial charge is 0.146 e. The van der Waals surface area contributed by atoms with Gasteiger partial charge in [-0.05, 0) is 73.8 Å². The van der Waals surface area contributed by atoms with Crippen molar-refractivity contribution in [3.05, 3.63) is 18.3 Å². The molecule has 102 valence electrons. The lowest BCUT2D eigenvalue weighted by molar-refractivity contribution is -0.0305. The number of nitrogens with two attached hydrogens (primary N) is 1. The summed E-state index contributed by atoms with van der Waals surface area (Å²) in [6.45, 7) is 1.09. The summed E-state index contributed by atoms with van der Waals surface area (Å²) in [6, 6.07) is 3.99. The monoisotopic (exact) mass is 257 g/mol. The maximum atomic E-state index is 5.91. The second-order valence-electron chi connectivity index (χ2n) is 6.91. The molecule has 0 amide bonds. The van der Waals surface area contributed by atoms with Crippen LogP contribution in [0.5, 0.6) is 0 Å². The largest absolute Gasteiger partial charge is 0.382 e. The lowest BCUT2D eigenvalue weighted by atomic mass is 9.52. The number of rotatable bonds is 3. The molecule has 1 heterocycles. The van der Waals surface area contributed by atoms with Crippen molar-refractivity contribution in [3.8, 4) is 0 Å². The Kier molecular flexibility index (Phi) is 2.68. The highest BCUT2D eigenvalue weighted by Crippen LogP contribution is 2.56. The van der Waals surface area contributed by atoms with Gasteiger partial charge in [-0.25, -0.2) is 4.98 Å². The fourth-order valence-electron chi connectivity index (χ4n) is 5.17. The Balaban J connectivity index is 1.45. The summed E-state index contributed by atoms with van der Waals surface area (Å²) in [5.74, 6) is 5.56. The van der Waals surface area contributed by atoms with Crippen molar-refractivity contribution in [2.45, 2.75) is 32.1 Å². The van der Waals surface area contributed by atoms with Gasteiger partial charge in [-0.15, -0.1) is 0 Å². The van der Waals surface area contributed by atoms with E-state index < -0.39 is 0 Å². The first kappa shape index (κ1) is 11.6. The van der Waals surface area contributed by atoms with Gasteiger partial charge in [0.15, 0.2) is 0 Å². The normalized spacial score (nSPS) is 39.5. The molecule has 4 aliphatic rings. The molecule has 5 rings (SSSR count). The highest BCUT2D eigenvalue weighted by atomic mass is 15.0. The van der Waals surface area contributed by atoms with Gasteiger partial charge in [-0.3, -0.25) is 0 Å². The minimum Gasteiger partial charge on any atom is -0.382 e. The van der Waals surface area contributed by atoms with Crippen LogP contribution in [0.3, 0.4) is 0 Å². The molecule has 3 heteroatoms. The highest BCUT2D eigenvalue weighted by Gasteiger charge is 2.47. The number of nitrogens with zero attached hydrogens (tertiary/aromatic N) is 1. The summed E-state index contributed by atoms with van der Waals surface area (Å²) in [4.78, 5) is 4.15. The van der Waals surface area contributed by atoms with Crippen molar-refractivity contribution in [3.63, 3.8) is 0 Å². The Bertz CT molecular complexity index is 443. The summed E-state index contributed by atoms with van der Waals surface area (Å²) in [5.41, 5.74) is 6.92. The predicted molar refractivity (Wildman–Crippen MR) is 77.7 cm³/mol. The predicted octanol–water partition coefficient (Wildman–Crippen LogP) is 3.15. The number of hydrogen-bond donors (Lipinski definition) is 2. The minimum atomic E-state index is 0.631. The van der Waals surface area contributed by atoms with Crippen LogP contribution < -0.4 is 11.1 Å². The van der Waals surface area contributed by atoms with Crippen molar-refractivity contribution in [2.24, 2.45) is 29.6 Å². The average molecular weight is 257 g/mol. The quantitative estimate of drug-likeness (QED) is 0.874. The average Bonchev–Trinajstić information content (AvgIpc) is 2.39. The van der Waals surface area contributed by atoms with Gasteiger partial charge in [0, 0.05) is 12.7 Å². The fourth-order valence-corrected chi connectivity index (χ4v) is 5.17. The summed E-state index contributed by atoms with van der Waals surface area (Å²) in [5, 5.41) is 3.55. The zero-order chi connectivity index (χ0) is 12.8. The van der Waals surface area contributed by atoms with E-state index in [1.165, 1.54) is 32.1 Å². The van der Waals surface area contributed by atoms with E-state index in [4.69, 9.17) is 5.73 Å². The summed E-state index contributed by atoms with van der Waals surface area (Å²) >= 11 is 0. The van der Waals surface area contributed by atoms with Crippen LogP contribution in [0, 0.1) is 29.6 Å². The van der Waals surface area contributed by atoms with Crippen LogP contribution in [0.1, 0.15) is 32.1 Å². The molecule has 0 radical (unpaired) electrons. The minimum absolute atomic E-state index is 0.631. The van der Waals surface area contributed by atoms with Crippen LogP contribution in [0.15, 0.2) is 18.3 Å². The van der Waals surface area contributed by atoms with Crippen molar-refractivity contribution in [1.82, 2.24) is 4.98 Å². The molecule has 1 aromatic rings. The second kappa shape index (κ2) is 4.39. The third-order valence-electron chi connectivity index (χ3n) is 5.79. The van der Waals surface area contributed by atoms with E-state index in [0.29, 0.717) is 5.82 Å². The summed E-state index contributed by atoms with van der Waals surface area (Å²) in [7, 11) is 0. The van der Waals surface area contributed by atoms with E-state index in [1.807, 2.05) is 12.1 Å². The summed E-state index contributed by atoms with van der Waals surface area (Å²) < 4.78 is 0.